The predicted octanol–water partition coefficient (Wildman–Crippen LogP) is 2.68. The SMILES string of the molecule is Cl.NC1CCOCc2cccc(Cl)c21. The molecule has 0 aromatic heterocycles. The second kappa shape index (κ2) is 4.99. The summed E-state index contributed by atoms with van der Waals surface area (Å²) in [4.78, 5) is 0. The van der Waals surface area contributed by atoms with E-state index in [9.17, 15) is 0 Å². The highest BCUT2D eigenvalue weighted by atomic mass is 35.5. The normalized spacial score (nSPS) is 20.6. The van der Waals surface area contributed by atoms with Gasteiger partial charge in [0.05, 0.1) is 6.61 Å². The summed E-state index contributed by atoms with van der Waals surface area (Å²) in [5, 5.41) is 0.760. The third kappa shape index (κ3) is 2.20. The maximum absolute atomic E-state index is 6.07. The number of ether oxygens (including phenoxy) is 1. The Bertz CT molecular complexity index is 317. The molecule has 1 aliphatic rings. The molecular weight excluding hydrogens is 221 g/mol. The van der Waals surface area contributed by atoms with Gasteiger partial charge in [0.25, 0.3) is 0 Å². The molecule has 2 rings (SSSR count). The Kier molecular flexibility index (Phi) is 4.20. The van der Waals surface area contributed by atoms with E-state index >= 15 is 0 Å². The summed E-state index contributed by atoms with van der Waals surface area (Å²) >= 11 is 6.07. The summed E-state index contributed by atoms with van der Waals surface area (Å²) in [6, 6.07) is 5.85. The van der Waals surface area contributed by atoms with E-state index in [0.717, 1.165) is 22.6 Å². The van der Waals surface area contributed by atoms with Gasteiger partial charge in [-0.3, -0.25) is 0 Å². The van der Waals surface area contributed by atoms with Crippen molar-refractivity contribution in [3.63, 3.8) is 0 Å². The first-order valence-electron chi connectivity index (χ1n) is 4.39. The molecule has 0 bridgehead atoms. The Morgan fingerprint density at radius 2 is 2.21 bits per heavy atom. The number of halogens is 2. The molecule has 2 N–H and O–H groups in total. The summed E-state index contributed by atoms with van der Waals surface area (Å²) in [6.45, 7) is 1.34. The van der Waals surface area contributed by atoms with Crippen LogP contribution in [-0.2, 0) is 11.3 Å². The minimum absolute atomic E-state index is 0. The lowest BCUT2D eigenvalue weighted by Gasteiger charge is -2.12. The zero-order valence-corrected chi connectivity index (χ0v) is 9.27. The Balaban J connectivity index is 0.000000980. The molecule has 0 aliphatic carbocycles. The molecule has 1 aromatic carbocycles. The lowest BCUT2D eigenvalue weighted by Crippen LogP contribution is -2.12. The summed E-state index contributed by atoms with van der Waals surface area (Å²) < 4.78 is 5.41. The van der Waals surface area contributed by atoms with Crippen LogP contribution in [0.25, 0.3) is 0 Å². The smallest absolute Gasteiger partial charge is 0.0720 e. The van der Waals surface area contributed by atoms with Crippen LogP contribution in [0, 0.1) is 0 Å². The maximum Gasteiger partial charge on any atom is 0.0720 e. The number of nitrogens with two attached hydrogens (primary N) is 1. The first kappa shape index (κ1) is 11.8. The van der Waals surface area contributed by atoms with E-state index in [-0.39, 0.29) is 18.4 Å². The Labute approximate surface area is 94.8 Å². The summed E-state index contributed by atoms with van der Waals surface area (Å²) in [5.41, 5.74) is 8.16. The Morgan fingerprint density at radius 3 is 3.00 bits per heavy atom. The van der Waals surface area contributed by atoms with Gasteiger partial charge in [0, 0.05) is 17.7 Å². The monoisotopic (exact) mass is 233 g/mol. The van der Waals surface area contributed by atoms with Crippen LogP contribution in [0.15, 0.2) is 18.2 Å². The van der Waals surface area contributed by atoms with Gasteiger partial charge in [0.2, 0.25) is 0 Å². The predicted molar refractivity (Wildman–Crippen MR) is 59.9 cm³/mol. The minimum atomic E-state index is 0. The van der Waals surface area contributed by atoms with E-state index in [1.54, 1.807) is 0 Å². The number of fused-ring (bicyclic) bond motifs is 1. The highest BCUT2D eigenvalue weighted by Crippen LogP contribution is 2.29. The van der Waals surface area contributed by atoms with Gasteiger partial charge in [-0.25, -0.2) is 0 Å². The van der Waals surface area contributed by atoms with Crippen molar-refractivity contribution in [2.45, 2.75) is 19.1 Å². The molecule has 2 nitrogen and oxygen atoms in total. The van der Waals surface area contributed by atoms with Crippen LogP contribution in [0.5, 0.6) is 0 Å². The minimum Gasteiger partial charge on any atom is -0.377 e. The Hall–Kier alpha value is -0.280. The number of rotatable bonds is 0. The van der Waals surface area contributed by atoms with Gasteiger partial charge in [0.15, 0.2) is 0 Å². The molecule has 1 aromatic rings. The topological polar surface area (TPSA) is 35.2 Å². The van der Waals surface area contributed by atoms with Crippen molar-refractivity contribution in [3.05, 3.63) is 34.3 Å². The third-order valence-electron chi connectivity index (χ3n) is 2.34. The zero-order chi connectivity index (χ0) is 9.26. The highest BCUT2D eigenvalue weighted by Gasteiger charge is 2.17. The highest BCUT2D eigenvalue weighted by molar-refractivity contribution is 6.31. The van der Waals surface area contributed by atoms with Gasteiger partial charge < -0.3 is 10.5 Å². The van der Waals surface area contributed by atoms with Gasteiger partial charge >= 0.3 is 0 Å². The molecule has 0 amide bonds. The van der Waals surface area contributed by atoms with Crippen LogP contribution >= 0.6 is 24.0 Å². The van der Waals surface area contributed by atoms with Crippen LogP contribution in [-0.4, -0.2) is 6.61 Å². The molecule has 1 unspecified atom stereocenters. The van der Waals surface area contributed by atoms with Crippen molar-refractivity contribution in [1.82, 2.24) is 0 Å². The van der Waals surface area contributed by atoms with E-state index in [1.165, 1.54) is 0 Å². The van der Waals surface area contributed by atoms with Crippen LogP contribution in [0.2, 0.25) is 5.02 Å². The Morgan fingerprint density at radius 1 is 1.43 bits per heavy atom. The summed E-state index contributed by atoms with van der Waals surface area (Å²) in [5.74, 6) is 0. The van der Waals surface area contributed by atoms with E-state index in [2.05, 4.69) is 0 Å². The summed E-state index contributed by atoms with van der Waals surface area (Å²) in [6.07, 6.45) is 0.844. The van der Waals surface area contributed by atoms with Gasteiger partial charge in [-0.1, -0.05) is 23.7 Å². The summed E-state index contributed by atoms with van der Waals surface area (Å²) in [7, 11) is 0. The first-order chi connectivity index (χ1) is 6.29. The second-order valence-electron chi connectivity index (χ2n) is 3.26. The number of benzene rings is 1. The molecule has 0 saturated carbocycles. The fraction of sp³-hybridized carbons (Fsp3) is 0.400. The molecule has 0 fully saturated rings. The zero-order valence-electron chi connectivity index (χ0n) is 7.70. The van der Waals surface area contributed by atoms with Crippen molar-refractivity contribution < 1.29 is 4.74 Å². The van der Waals surface area contributed by atoms with Gasteiger partial charge in [-0.15, -0.1) is 12.4 Å². The number of hydrogen-bond donors (Lipinski definition) is 1. The van der Waals surface area contributed by atoms with Gasteiger partial charge in [-0.2, -0.15) is 0 Å². The van der Waals surface area contributed by atoms with Crippen molar-refractivity contribution in [2.75, 3.05) is 6.61 Å². The molecular formula is C10H13Cl2NO. The standard InChI is InChI=1S/C10H12ClNO.ClH/c11-8-3-1-2-7-6-13-5-4-9(12)10(7)8;/h1-3,9H,4-6,12H2;1H. The number of hydrogen-bond acceptors (Lipinski definition) is 2. The van der Waals surface area contributed by atoms with Crippen LogP contribution in [0.3, 0.4) is 0 Å². The molecule has 0 radical (unpaired) electrons. The second-order valence-corrected chi connectivity index (χ2v) is 3.67. The van der Waals surface area contributed by atoms with Gasteiger partial charge in [0.1, 0.15) is 0 Å². The fourth-order valence-electron chi connectivity index (χ4n) is 1.66. The molecule has 0 spiro atoms. The largest absolute Gasteiger partial charge is 0.377 e. The fourth-order valence-corrected chi connectivity index (χ4v) is 1.99. The molecule has 0 saturated heterocycles. The quantitative estimate of drug-likeness (QED) is 0.748. The molecule has 1 aliphatic heterocycles. The van der Waals surface area contributed by atoms with E-state index in [1.807, 2.05) is 18.2 Å². The van der Waals surface area contributed by atoms with Crippen molar-refractivity contribution >= 4 is 24.0 Å². The van der Waals surface area contributed by atoms with E-state index in [0.29, 0.717) is 13.2 Å². The van der Waals surface area contributed by atoms with E-state index in [4.69, 9.17) is 22.1 Å². The van der Waals surface area contributed by atoms with Crippen LogP contribution in [0.4, 0.5) is 0 Å². The molecule has 1 atom stereocenters. The average molecular weight is 234 g/mol. The van der Waals surface area contributed by atoms with Gasteiger partial charge in [-0.05, 0) is 23.6 Å². The van der Waals surface area contributed by atoms with Crippen molar-refractivity contribution in [3.8, 4) is 0 Å². The molecule has 4 heteroatoms. The molecule has 1 heterocycles. The third-order valence-corrected chi connectivity index (χ3v) is 2.67. The van der Waals surface area contributed by atoms with Crippen molar-refractivity contribution in [1.29, 1.82) is 0 Å². The van der Waals surface area contributed by atoms with E-state index < -0.39 is 0 Å². The van der Waals surface area contributed by atoms with Crippen molar-refractivity contribution in [2.24, 2.45) is 5.73 Å². The first-order valence-corrected chi connectivity index (χ1v) is 4.77. The molecule has 78 valence electrons. The lowest BCUT2D eigenvalue weighted by molar-refractivity contribution is 0.122. The molecule has 14 heavy (non-hydrogen) atoms. The average Bonchev–Trinajstić information content (AvgIpc) is 2.29. The lowest BCUT2D eigenvalue weighted by atomic mass is 10.0. The maximum atomic E-state index is 6.07. The van der Waals surface area contributed by atoms with Crippen LogP contribution < -0.4 is 5.73 Å². The van der Waals surface area contributed by atoms with Crippen LogP contribution in [0.1, 0.15) is 23.6 Å².